The van der Waals surface area contributed by atoms with Gasteiger partial charge in [0.15, 0.2) is 0 Å². The highest BCUT2D eigenvalue weighted by atomic mass is 16.4. The summed E-state index contributed by atoms with van der Waals surface area (Å²) in [5.74, 6) is 0.564. The molecule has 1 saturated heterocycles. The summed E-state index contributed by atoms with van der Waals surface area (Å²) in [7, 11) is 0. The number of hydrogen-bond acceptors (Lipinski definition) is 4. The summed E-state index contributed by atoms with van der Waals surface area (Å²) in [6, 6.07) is 5.97. The second-order valence-corrected chi connectivity index (χ2v) is 5.11. The Kier molecular flexibility index (Phi) is 2.62. The molecule has 5 nitrogen and oxygen atoms in total. The molecule has 1 aliphatic rings. The van der Waals surface area contributed by atoms with Crippen LogP contribution in [0.15, 0.2) is 29.0 Å². The van der Waals surface area contributed by atoms with Gasteiger partial charge >= 0.3 is 0 Å². The average molecular weight is 257 g/mol. The van der Waals surface area contributed by atoms with Gasteiger partial charge in [0, 0.05) is 12.1 Å². The third kappa shape index (κ3) is 1.82. The monoisotopic (exact) mass is 257 g/mol. The first-order valence-electron chi connectivity index (χ1n) is 6.27. The molecule has 1 unspecified atom stereocenters. The fraction of sp³-hybridized carbons (Fsp3) is 0.357. The Hall–Kier alpha value is -2.17. The molecule has 1 N–H and O–H groups in total. The van der Waals surface area contributed by atoms with Gasteiger partial charge in [-0.25, -0.2) is 0 Å². The lowest BCUT2D eigenvalue weighted by atomic mass is 9.80. The van der Waals surface area contributed by atoms with Crippen LogP contribution in [0, 0.1) is 6.92 Å². The number of carbonyl (C=O) groups excluding carboxylic acids is 1. The standard InChI is InChI=1S/C14H15N3O2/c1-9-3-4-10(14(2)5-6-15-13(14)18)7-11(9)12-17-16-8-19-12/h3-4,7-8H,5-6H2,1-2H3,(H,15,18). The second-order valence-electron chi connectivity index (χ2n) is 5.11. The van der Waals surface area contributed by atoms with E-state index in [4.69, 9.17) is 4.42 Å². The SMILES string of the molecule is Cc1ccc(C2(C)CCNC2=O)cc1-c1nnco1. The molecule has 3 rings (SSSR count). The van der Waals surface area contributed by atoms with E-state index in [9.17, 15) is 4.79 Å². The van der Waals surface area contributed by atoms with Crippen molar-refractivity contribution in [2.45, 2.75) is 25.7 Å². The highest BCUT2D eigenvalue weighted by Gasteiger charge is 2.39. The summed E-state index contributed by atoms with van der Waals surface area (Å²) in [5, 5.41) is 10.5. The van der Waals surface area contributed by atoms with E-state index in [0.29, 0.717) is 5.89 Å². The van der Waals surface area contributed by atoms with E-state index in [-0.39, 0.29) is 5.91 Å². The average Bonchev–Trinajstić information content (AvgIpc) is 3.02. The van der Waals surface area contributed by atoms with Gasteiger partial charge in [0.05, 0.1) is 5.41 Å². The summed E-state index contributed by atoms with van der Waals surface area (Å²) < 4.78 is 5.26. The van der Waals surface area contributed by atoms with E-state index in [0.717, 1.165) is 29.7 Å². The van der Waals surface area contributed by atoms with E-state index in [1.54, 1.807) is 0 Å². The van der Waals surface area contributed by atoms with Gasteiger partial charge < -0.3 is 9.73 Å². The molecule has 1 amide bonds. The number of carbonyl (C=O) groups is 1. The fourth-order valence-corrected chi connectivity index (χ4v) is 2.50. The molecular formula is C14H15N3O2. The normalized spacial score (nSPS) is 22.5. The molecule has 1 atom stereocenters. The van der Waals surface area contributed by atoms with E-state index in [2.05, 4.69) is 15.5 Å². The fourth-order valence-electron chi connectivity index (χ4n) is 2.50. The Morgan fingerprint density at radius 3 is 2.89 bits per heavy atom. The van der Waals surface area contributed by atoms with Gasteiger partial charge in [0.25, 0.3) is 0 Å². The summed E-state index contributed by atoms with van der Waals surface area (Å²) in [6.45, 7) is 4.68. The topological polar surface area (TPSA) is 68.0 Å². The van der Waals surface area contributed by atoms with Crippen LogP contribution in [-0.2, 0) is 10.2 Å². The van der Waals surface area contributed by atoms with Crippen molar-refractivity contribution in [1.82, 2.24) is 15.5 Å². The molecule has 0 radical (unpaired) electrons. The van der Waals surface area contributed by atoms with Crippen molar-refractivity contribution in [1.29, 1.82) is 0 Å². The molecule has 1 fully saturated rings. The largest absolute Gasteiger partial charge is 0.423 e. The lowest BCUT2D eigenvalue weighted by molar-refractivity contribution is -0.123. The molecule has 0 aliphatic carbocycles. The molecule has 1 aliphatic heterocycles. The third-order valence-corrected chi connectivity index (χ3v) is 3.88. The number of nitrogens with zero attached hydrogens (tertiary/aromatic N) is 2. The van der Waals surface area contributed by atoms with Crippen LogP contribution in [-0.4, -0.2) is 22.6 Å². The molecule has 0 spiro atoms. The van der Waals surface area contributed by atoms with Crippen LogP contribution in [0.5, 0.6) is 0 Å². The van der Waals surface area contributed by atoms with Crippen LogP contribution in [0.3, 0.4) is 0 Å². The lowest BCUT2D eigenvalue weighted by Crippen LogP contribution is -2.32. The molecule has 1 aromatic carbocycles. The van der Waals surface area contributed by atoms with Gasteiger partial charge in [-0.15, -0.1) is 10.2 Å². The number of nitrogens with one attached hydrogen (secondary N) is 1. The van der Waals surface area contributed by atoms with E-state index in [1.807, 2.05) is 32.0 Å². The Bertz CT molecular complexity index is 622. The Labute approximate surface area is 111 Å². The molecule has 1 aromatic heterocycles. The van der Waals surface area contributed by atoms with Gasteiger partial charge in [0.1, 0.15) is 0 Å². The number of aryl methyl sites for hydroxylation is 1. The minimum atomic E-state index is -0.470. The maximum atomic E-state index is 12.0. The minimum absolute atomic E-state index is 0.0767. The minimum Gasteiger partial charge on any atom is -0.423 e. The zero-order chi connectivity index (χ0) is 13.5. The third-order valence-electron chi connectivity index (χ3n) is 3.88. The molecule has 0 bridgehead atoms. The predicted molar refractivity (Wildman–Crippen MR) is 69.4 cm³/mol. The molecule has 98 valence electrons. The Morgan fingerprint density at radius 1 is 1.42 bits per heavy atom. The van der Waals surface area contributed by atoms with Gasteiger partial charge in [-0.3, -0.25) is 4.79 Å². The molecule has 2 aromatic rings. The first-order valence-corrected chi connectivity index (χ1v) is 6.27. The van der Waals surface area contributed by atoms with Crippen LogP contribution < -0.4 is 5.32 Å². The predicted octanol–water partition coefficient (Wildman–Crippen LogP) is 1.82. The van der Waals surface area contributed by atoms with Crippen molar-refractivity contribution < 1.29 is 9.21 Å². The summed E-state index contributed by atoms with van der Waals surface area (Å²) in [6.07, 6.45) is 2.11. The first kappa shape index (κ1) is 11.9. The first-order chi connectivity index (χ1) is 9.11. The number of rotatable bonds is 2. The van der Waals surface area contributed by atoms with Crippen molar-refractivity contribution in [3.05, 3.63) is 35.7 Å². The van der Waals surface area contributed by atoms with Crippen molar-refractivity contribution in [2.24, 2.45) is 0 Å². The number of amides is 1. The maximum Gasteiger partial charge on any atom is 0.247 e. The highest BCUT2D eigenvalue weighted by molar-refractivity contribution is 5.90. The summed E-state index contributed by atoms with van der Waals surface area (Å²) >= 11 is 0. The number of benzene rings is 1. The van der Waals surface area contributed by atoms with Gasteiger partial charge in [-0.2, -0.15) is 0 Å². The number of hydrogen-bond donors (Lipinski definition) is 1. The lowest BCUT2D eigenvalue weighted by Gasteiger charge is -2.21. The zero-order valence-electron chi connectivity index (χ0n) is 10.9. The van der Waals surface area contributed by atoms with Crippen LogP contribution in [0.4, 0.5) is 0 Å². The van der Waals surface area contributed by atoms with Gasteiger partial charge in [-0.05, 0) is 37.5 Å². The number of aromatic nitrogens is 2. The smallest absolute Gasteiger partial charge is 0.247 e. The molecule has 19 heavy (non-hydrogen) atoms. The van der Waals surface area contributed by atoms with Crippen LogP contribution in [0.25, 0.3) is 11.5 Å². The summed E-state index contributed by atoms with van der Waals surface area (Å²) in [5.41, 5.74) is 2.45. The van der Waals surface area contributed by atoms with Crippen LogP contribution in [0.1, 0.15) is 24.5 Å². The van der Waals surface area contributed by atoms with E-state index < -0.39 is 5.41 Å². The summed E-state index contributed by atoms with van der Waals surface area (Å²) in [4.78, 5) is 12.0. The molecule has 5 heteroatoms. The van der Waals surface area contributed by atoms with Gasteiger partial charge in [0.2, 0.25) is 18.2 Å². The quantitative estimate of drug-likeness (QED) is 0.891. The van der Waals surface area contributed by atoms with E-state index in [1.165, 1.54) is 6.39 Å². The highest BCUT2D eigenvalue weighted by Crippen LogP contribution is 2.34. The van der Waals surface area contributed by atoms with Crippen LogP contribution >= 0.6 is 0 Å². The second kappa shape index (κ2) is 4.19. The molecule has 0 saturated carbocycles. The Morgan fingerprint density at radius 2 is 2.26 bits per heavy atom. The van der Waals surface area contributed by atoms with Crippen molar-refractivity contribution in [3.63, 3.8) is 0 Å². The van der Waals surface area contributed by atoms with Crippen molar-refractivity contribution in [2.75, 3.05) is 6.54 Å². The maximum absolute atomic E-state index is 12.0. The Balaban J connectivity index is 2.10. The van der Waals surface area contributed by atoms with Crippen molar-refractivity contribution >= 4 is 5.91 Å². The van der Waals surface area contributed by atoms with Crippen LogP contribution in [0.2, 0.25) is 0 Å². The zero-order valence-corrected chi connectivity index (χ0v) is 10.9. The van der Waals surface area contributed by atoms with Crippen molar-refractivity contribution in [3.8, 4) is 11.5 Å². The molecule has 2 heterocycles. The molecular weight excluding hydrogens is 242 g/mol. The van der Waals surface area contributed by atoms with E-state index >= 15 is 0 Å². The van der Waals surface area contributed by atoms with Gasteiger partial charge in [-0.1, -0.05) is 12.1 Å².